The fourth-order valence-corrected chi connectivity index (χ4v) is 2.61. The van der Waals surface area contributed by atoms with Crippen molar-refractivity contribution >= 4 is 13.7 Å². The summed E-state index contributed by atoms with van der Waals surface area (Å²) in [5, 5.41) is 2.56. The van der Waals surface area contributed by atoms with Gasteiger partial charge in [0.25, 0.3) is 0 Å². The van der Waals surface area contributed by atoms with Crippen LogP contribution in [0.15, 0.2) is 36.5 Å². The molecule has 0 heterocycles. The summed E-state index contributed by atoms with van der Waals surface area (Å²) in [7, 11) is -4.45. The molecule has 0 rings (SSSR count). The Morgan fingerprint density at radius 2 is 1.48 bits per heavy atom. The van der Waals surface area contributed by atoms with Gasteiger partial charge in [0, 0.05) is 13.0 Å². The number of allylic oxidation sites excluding steroid dienone is 6. The van der Waals surface area contributed by atoms with E-state index in [1.54, 1.807) is 0 Å². The molecule has 0 fully saturated rings. The minimum atomic E-state index is -4.45. The summed E-state index contributed by atoms with van der Waals surface area (Å²) >= 11 is 0. The van der Waals surface area contributed by atoms with Crippen LogP contribution >= 0.6 is 7.82 Å². The number of unbranched alkanes of at least 4 members (excludes halogenated alkanes) is 5. The maximum Gasteiger partial charge on any atom is 0.469 e. The molecule has 0 bridgehead atoms. The number of phosphoric ester groups is 1. The van der Waals surface area contributed by atoms with E-state index >= 15 is 0 Å². The lowest BCUT2D eigenvalue weighted by molar-refractivity contribution is -0.121. The predicted molar refractivity (Wildman–Crippen MR) is 110 cm³/mol. The number of amides is 1. The zero-order chi connectivity index (χ0) is 20.2. The number of carbonyl (C=O) groups is 1. The number of hydrogen-bond acceptors (Lipinski definition) is 3. The van der Waals surface area contributed by atoms with Crippen LogP contribution in [0, 0.1) is 0 Å². The molecule has 27 heavy (non-hydrogen) atoms. The number of rotatable bonds is 17. The van der Waals surface area contributed by atoms with Gasteiger partial charge in [0.2, 0.25) is 5.91 Å². The van der Waals surface area contributed by atoms with Crippen LogP contribution in [0.4, 0.5) is 0 Å². The van der Waals surface area contributed by atoms with Crippen molar-refractivity contribution in [3.63, 3.8) is 0 Å². The second kappa shape index (κ2) is 18.2. The molecular weight excluding hydrogens is 365 g/mol. The Kier molecular flexibility index (Phi) is 17.4. The largest absolute Gasteiger partial charge is 0.469 e. The van der Waals surface area contributed by atoms with E-state index in [1.807, 2.05) is 0 Å². The minimum Gasteiger partial charge on any atom is -0.354 e. The van der Waals surface area contributed by atoms with Gasteiger partial charge in [-0.15, -0.1) is 0 Å². The maximum atomic E-state index is 11.5. The molecule has 0 unspecified atom stereocenters. The van der Waals surface area contributed by atoms with Crippen LogP contribution in [-0.4, -0.2) is 28.8 Å². The molecule has 6 nitrogen and oxygen atoms in total. The van der Waals surface area contributed by atoms with Crippen LogP contribution in [0.5, 0.6) is 0 Å². The van der Waals surface area contributed by atoms with E-state index in [4.69, 9.17) is 9.79 Å². The standard InChI is InChI=1S/C20H36NO5P/c1-2-3-4-5-6-7-8-9-10-11-12-13-14-15-16-17-20(22)21-18-19-26-27(23,24)25/h6-7,9-10,12-13H,2-5,8,11,14-19H2,1H3,(H,21,22)(H2,23,24,25)/b7-6?,10-9?,13-12-. The SMILES string of the molecule is CCCCCC=CCC=CC/C=C\CCCCC(=O)NCCOP(=O)(O)O. The molecule has 0 aliphatic rings. The van der Waals surface area contributed by atoms with Crippen molar-refractivity contribution in [2.75, 3.05) is 13.2 Å². The molecule has 0 atom stereocenters. The molecule has 0 radical (unpaired) electrons. The average molecular weight is 401 g/mol. The Hall–Kier alpha value is -1.20. The van der Waals surface area contributed by atoms with Crippen LogP contribution in [-0.2, 0) is 13.9 Å². The van der Waals surface area contributed by atoms with E-state index in [0.29, 0.717) is 6.42 Å². The third-order valence-corrected chi connectivity index (χ3v) is 4.25. The molecule has 3 N–H and O–H groups in total. The first-order valence-corrected chi connectivity index (χ1v) is 11.4. The van der Waals surface area contributed by atoms with Gasteiger partial charge < -0.3 is 15.1 Å². The summed E-state index contributed by atoms with van der Waals surface area (Å²) in [5.74, 6) is -0.126. The number of nitrogens with one attached hydrogen (secondary N) is 1. The topological polar surface area (TPSA) is 95.9 Å². The highest BCUT2D eigenvalue weighted by Gasteiger charge is 2.12. The summed E-state index contributed by atoms with van der Waals surface area (Å²) in [4.78, 5) is 28.5. The zero-order valence-electron chi connectivity index (χ0n) is 16.5. The summed E-state index contributed by atoms with van der Waals surface area (Å²) < 4.78 is 14.7. The van der Waals surface area contributed by atoms with Crippen molar-refractivity contribution in [2.45, 2.75) is 71.1 Å². The maximum absolute atomic E-state index is 11.5. The molecule has 7 heteroatoms. The van der Waals surface area contributed by atoms with Gasteiger partial charge in [0.1, 0.15) is 0 Å². The van der Waals surface area contributed by atoms with Crippen molar-refractivity contribution in [1.82, 2.24) is 5.32 Å². The summed E-state index contributed by atoms with van der Waals surface area (Å²) in [6.45, 7) is 2.12. The normalized spacial score (nSPS) is 12.6. The van der Waals surface area contributed by atoms with E-state index < -0.39 is 7.82 Å². The molecule has 1 amide bonds. The predicted octanol–water partition coefficient (Wildman–Crippen LogP) is 4.80. The Balaban J connectivity index is 3.45. The van der Waals surface area contributed by atoms with Gasteiger partial charge in [-0.1, -0.05) is 56.2 Å². The molecule has 0 saturated heterocycles. The molecule has 0 saturated carbocycles. The van der Waals surface area contributed by atoms with Crippen LogP contribution in [0.25, 0.3) is 0 Å². The van der Waals surface area contributed by atoms with Crippen molar-refractivity contribution in [2.24, 2.45) is 0 Å². The third-order valence-electron chi connectivity index (χ3n) is 3.73. The molecule has 0 aliphatic heterocycles. The van der Waals surface area contributed by atoms with Gasteiger partial charge in [0.05, 0.1) is 6.61 Å². The fourth-order valence-electron chi connectivity index (χ4n) is 2.28. The van der Waals surface area contributed by atoms with Crippen LogP contribution in [0.1, 0.15) is 71.1 Å². The molecule has 0 spiro atoms. The van der Waals surface area contributed by atoms with E-state index in [-0.39, 0.29) is 19.1 Å². The molecule has 0 aromatic carbocycles. The number of carbonyl (C=O) groups excluding carboxylic acids is 1. The van der Waals surface area contributed by atoms with E-state index in [0.717, 1.165) is 32.1 Å². The Morgan fingerprint density at radius 1 is 0.926 bits per heavy atom. The van der Waals surface area contributed by atoms with Crippen LogP contribution in [0.3, 0.4) is 0 Å². The highest BCUT2D eigenvalue weighted by atomic mass is 31.2. The lowest BCUT2D eigenvalue weighted by Gasteiger charge is -2.06. The zero-order valence-corrected chi connectivity index (χ0v) is 17.4. The van der Waals surface area contributed by atoms with E-state index in [1.165, 1.54) is 25.7 Å². The second-order valence-corrected chi connectivity index (χ2v) is 7.54. The minimum absolute atomic E-state index is 0.101. The van der Waals surface area contributed by atoms with Crippen molar-refractivity contribution in [1.29, 1.82) is 0 Å². The fraction of sp³-hybridized carbons (Fsp3) is 0.650. The Labute approximate surface area is 164 Å². The van der Waals surface area contributed by atoms with Gasteiger partial charge in [-0.05, 0) is 44.9 Å². The van der Waals surface area contributed by atoms with E-state index in [2.05, 4.69) is 53.2 Å². The first kappa shape index (κ1) is 25.8. The van der Waals surface area contributed by atoms with Gasteiger partial charge in [-0.3, -0.25) is 9.32 Å². The van der Waals surface area contributed by atoms with Gasteiger partial charge >= 0.3 is 7.82 Å². The quantitative estimate of drug-likeness (QED) is 0.185. The van der Waals surface area contributed by atoms with Crippen molar-refractivity contribution in [3.8, 4) is 0 Å². The lowest BCUT2D eigenvalue weighted by atomic mass is 10.1. The average Bonchev–Trinajstić information content (AvgIpc) is 2.61. The summed E-state index contributed by atoms with van der Waals surface area (Å²) in [5.41, 5.74) is 0. The highest BCUT2D eigenvalue weighted by molar-refractivity contribution is 7.46. The number of phosphoric acid groups is 1. The van der Waals surface area contributed by atoms with E-state index in [9.17, 15) is 9.36 Å². The molecule has 0 aliphatic carbocycles. The Bertz CT molecular complexity index is 497. The highest BCUT2D eigenvalue weighted by Crippen LogP contribution is 2.35. The van der Waals surface area contributed by atoms with Crippen molar-refractivity contribution < 1.29 is 23.7 Å². The molecular formula is C20H36NO5P. The smallest absolute Gasteiger partial charge is 0.354 e. The summed E-state index contributed by atoms with van der Waals surface area (Å²) in [6, 6.07) is 0. The van der Waals surface area contributed by atoms with Crippen LogP contribution in [0.2, 0.25) is 0 Å². The van der Waals surface area contributed by atoms with Crippen LogP contribution < -0.4 is 5.32 Å². The number of hydrogen-bond donors (Lipinski definition) is 3. The van der Waals surface area contributed by atoms with Crippen molar-refractivity contribution in [3.05, 3.63) is 36.5 Å². The summed E-state index contributed by atoms with van der Waals surface area (Å²) in [6.07, 6.45) is 23.2. The van der Waals surface area contributed by atoms with Gasteiger partial charge in [-0.2, -0.15) is 0 Å². The molecule has 0 aromatic heterocycles. The lowest BCUT2D eigenvalue weighted by Crippen LogP contribution is -2.26. The van der Waals surface area contributed by atoms with Gasteiger partial charge in [-0.25, -0.2) is 4.57 Å². The molecule has 156 valence electrons. The molecule has 0 aromatic rings. The first-order valence-electron chi connectivity index (χ1n) is 9.87. The second-order valence-electron chi connectivity index (χ2n) is 6.30. The monoisotopic (exact) mass is 401 g/mol. The Morgan fingerprint density at radius 3 is 2.04 bits per heavy atom. The van der Waals surface area contributed by atoms with Gasteiger partial charge in [0.15, 0.2) is 0 Å². The third kappa shape index (κ3) is 22.8. The first-order chi connectivity index (χ1) is 13.0.